The number of nitrogens with one attached hydrogen (secondary N) is 1. The molecule has 4 rings (SSSR count). The highest BCUT2D eigenvalue weighted by atomic mass is 35.5. The third-order valence-electron chi connectivity index (χ3n) is 3.43. The summed E-state index contributed by atoms with van der Waals surface area (Å²) in [7, 11) is 0. The Labute approximate surface area is 124 Å². The molecule has 0 fully saturated rings. The van der Waals surface area contributed by atoms with Crippen molar-refractivity contribution in [2.45, 2.75) is 0 Å². The summed E-state index contributed by atoms with van der Waals surface area (Å²) < 4.78 is 5.82. The first-order chi connectivity index (χ1) is 10.2. The molecule has 0 unspecified atom stereocenters. The smallest absolute Gasteiger partial charge is 0.272 e. The van der Waals surface area contributed by atoms with Gasteiger partial charge in [0, 0.05) is 10.8 Å². The van der Waals surface area contributed by atoms with Crippen molar-refractivity contribution < 1.29 is 4.42 Å². The molecule has 0 amide bonds. The normalized spacial score (nSPS) is 11.3. The molecular formula is C16H9ClN2O2. The zero-order valence-electron chi connectivity index (χ0n) is 10.8. The third kappa shape index (κ3) is 1.84. The van der Waals surface area contributed by atoms with Crippen molar-refractivity contribution in [3.05, 3.63) is 63.9 Å². The van der Waals surface area contributed by atoms with E-state index >= 15 is 0 Å². The van der Waals surface area contributed by atoms with Gasteiger partial charge in [-0.1, -0.05) is 41.9 Å². The Hall–Kier alpha value is -2.59. The van der Waals surface area contributed by atoms with Crippen molar-refractivity contribution in [3.8, 4) is 11.5 Å². The lowest BCUT2D eigenvalue weighted by atomic mass is 10.1. The summed E-state index contributed by atoms with van der Waals surface area (Å²) in [5, 5.41) is 9.40. The maximum Gasteiger partial charge on any atom is 0.272 e. The number of aromatic amines is 1. The van der Waals surface area contributed by atoms with Gasteiger partial charge in [0.1, 0.15) is 5.69 Å². The highest BCUT2D eigenvalue weighted by Crippen LogP contribution is 2.33. The second-order valence-corrected chi connectivity index (χ2v) is 5.12. The average Bonchev–Trinajstić information content (AvgIpc) is 2.93. The maximum atomic E-state index is 11.8. The van der Waals surface area contributed by atoms with E-state index in [0.717, 1.165) is 10.8 Å². The summed E-state index contributed by atoms with van der Waals surface area (Å²) in [6, 6.07) is 14.7. The molecule has 2 aromatic carbocycles. The lowest BCUT2D eigenvalue weighted by Gasteiger charge is -2.01. The largest absolute Gasteiger partial charge is 0.453 e. The minimum Gasteiger partial charge on any atom is -0.453 e. The van der Waals surface area contributed by atoms with Gasteiger partial charge in [-0.05, 0) is 18.2 Å². The molecular weight excluding hydrogens is 288 g/mol. The fourth-order valence-corrected chi connectivity index (χ4v) is 2.67. The summed E-state index contributed by atoms with van der Waals surface area (Å²) in [5.74, 6) is 0.575. The number of hydrogen-bond donors (Lipinski definition) is 1. The SMILES string of the molecule is O=c1[nH]nc(-c2cc3cccc(Cl)c3o2)c2ccccc12. The molecule has 0 radical (unpaired) electrons. The van der Waals surface area contributed by atoms with Crippen LogP contribution >= 0.6 is 11.6 Å². The summed E-state index contributed by atoms with van der Waals surface area (Å²) >= 11 is 6.13. The Morgan fingerprint density at radius 2 is 1.86 bits per heavy atom. The number of hydrogen-bond acceptors (Lipinski definition) is 3. The molecule has 0 saturated heterocycles. The summed E-state index contributed by atoms with van der Waals surface area (Å²) in [5.41, 5.74) is 0.993. The lowest BCUT2D eigenvalue weighted by molar-refractivity contribution is 0.628. The summed E-state index contributed by atoms with van der Waals surface area (Å²) in [4.78, 5) is 11.8. The Kier molecular flexibility index (Phi) is 2.59. The minimum absolute atomic E-state index is 0.219. The second kappa shape index (κ2) is 4.46. The fourth-order valence-electron chi connectivity index (χ4n) is 2.45. The van der Waals surface area contributed by atoms with Crippen molar-refractivity contribution in [1.82, 2.24) is 10.2 Å². The van der Waals surface area contributed by atoms with Crippen LogP contribution in [0.4, 0.5) is 0 Å². The Morgan fingerprint density at radius 3 is 2.67 bits per heavy atom. The van der Waals surface area contributed by atoms with E-state index < -0.39 is 0 Å². The van der Waals surface area contributed by atoms with Gasteiger partial charge in [0.15, 0.2) is 11.3 Å². The molecule has 0 atom stereocenters. The van der Waals surface area contributed by atoms with Gasteiger partial charge in [0.05, 0.1) is 10.4 Å². The molecule has 2 aromatic heterocycles. The molecule has 4 nitrogen and oxygen atoms in total. The summed E-state index contributed by atoms with van der Waals surface area (Å²) in [6.45, 7) is 0. The Bertz CT molecular complexity index is 1030. The van der Waals surface area contributed by atoms with Crippen LogP contribution in [0.15, 0.2) is 57.7 Å². The van der Waals surface area contributed by atoms with Gasteiger partial charge in [-0.15, -0.1) is 0 Å². The van der Waals surface area contributed by atoms with E-state index in [1.54, 1.807) is 12.1 Å². The monoisotopic (exact) mass is 296 g/mol. The van der Waals surface area contributed by atoms with Crippen LogP contribution in [0, 0.1) is 0 Å². The van der Waals surface area contributed by atoms with E-state index in [9.17, 15) is 4.79 Å². The van der Waals surface area contributed by atoms with Crippen molar-refractivity contribution in [2.24, 2.45) is 0 Å². The van der Waals surface area contributed by atoms with Gasteiger partial charge < -0.3 is 4.42 Å². The van der Waals surface area contributed by atoms with Gasteiger partial charge >= 0.3 is 0 Å². The first-order valence-electron chi connectivity index (χ1n) is 6.40. The molecule has 0 bridgehead atoms. The highest BCUT2D eigenvalue weighted by Gasteiger charge is 2.14. The molecule has 0 aliphatic carbocycles. The number of nitrogens with zero attached hydrogens (tertiary/aromatic N) is 1. The van der Waals surface area contributed by atoms with Crippen LogP contribution < -0.4 is 5.56 Å². The second-order valence-electron chi connectivity index (χ2n) is 4.72. The number of halogens is 1. The zero-order valence-corrected chi connectivity index (χ0v) is 11.5. The number of aromatic nitrogens is 2. The predicted octanol–water partition coefficient (Wildman–Crippen LogP) is 3.99. The molecule has 0 saturated carbocycles. The van der Waals surface area contributed by atoms with E-state index in [2.05, 4.69) is 10.2 Å². The van der Waals surface area contributed by atoms with Crippen LogP contribution in [0.2, 0.25) is 5.02 Å². The van der Waals surface area contributed by atoms with Gasteiger partial charge in [0.25, 0.3) is 5.56 Å². The topological polar surface area (TPSA) is 58.9 Å². The van der Waals surface area contributed by atoms with E-state index in [4.69, 9.17) is 16.0 Å². The Balaban J connectivity index is 2.07. The summed E-state index contributed by atoms with van der Waals surface area (Å²) in [6.07, 6.45) is 0. The van der Waals surface area contributed by atoms with E-state index in [0.29, 0.717) is 27.4 Å². The third-order valence-corrected chi connectivity index (χ3v) is 3.72. The van der Waals surface area contributed by atoms with E-state index in [-0.39, 0.29) is 5.56 Å². The molecule has 2 heterocycles. The van der Waals surface area contributed by atoms with Crippen LogP contribution in [0.5, 0.6) is 0 Å². The van der Waals surface area contributed by atoms with Crippen molar-refractivity contribution in [3.63, 3.8) is 0 Å². The molecule has 4 aromatic rings. The molecule has 5 heteroatoms. The van der Waals surface area contributed by atoms with Crippen LogP contribution in [-0.2, 0) is 0 Å². The van der Waals surface area contributed by atoms with Gasteiger partial charge in [-0.2, -0.15) is 5.10 Å². The van der Waals surface area contributed by atoms with Gasteiger partial charge in [-0.3, -0.25) is 4.79 Å². The number of H-pyrrole nitrogens is 1. The predicted molar refractivity (Wildman–Crippen MR) is 82.6 cm³/mol. The number of fused-ring (bicyclic) bond motifs is 2. The molecule has 1 N–H and O–H groups in total. The standard InChI is InChI=1S/C16H9ClN2O2/c17-12-7-3-4-9-8-13(21-15(9)12)14-10-5-1-2-6-11(10)16(20)19-18-14/h1-8H,(H,19,20). The average molecular weight is 297 g/mol. The molecule has 102 valence electrons. The van der Waals surface area contributed by atoms with Crippen molar-refractivity contribution in [1.29, 1.82) is 0 Å². The van der Waals surface area contributed by atoms with Crippen LogP contribution in [0.3, 0.4) is 0 Å². The minimum atomic E-state index is -0.219. The van der Waals surface area contributed by atoms with E-state index in [1.807, 2.05) is 36.4 Å². The van der Waals surface area contributed by atoms with Crippen LogP contribution in [0.1, 0.15) is 0 Å². The quantitative estimate of drug-likeness (QED) is 0.578. The first kappa shape index (κ1) is 12.2. The molecule has 0 aliphatic rings. The maximum absolute atomic E-state index is 11.8. The fraction of sp³-hybridized carbons (Fsp3) is 0. The van der Waals surface area contributed by atoms with Crippen LogP contribution in [-0.4, -0.2) is 10.2 Å². The zero-order chi connectivity index (χ0) is 14.4. The number of furan rings is 1. The molecule has 21 heavy (non-hydrogen) atoms. The highest BCUT2D eigenvalue weighted by molar-refractivity contribution is 6.34. The first-order valence-corrected chi connectivity index (χ1v) is 6.78. The van der Waals surface area contributed by atoms with Gasteiger partial charge in [-0.25, -0.2) is 5.10 Å². The Morgan fingerprint density at radius 1 is 1.05 bits per heavy atom. The van der Waals surface area contributed by atoms with Crippen molar-refractivity contribution >= 4 is 33.3 Å². The molecule has 0 spiro atoms. The lowest BCUT2D eigenvalue weighted by Crippen LogP contribution is -2.08. The number of rotatable bonds is 1. The van der Waals surface area contributed by atoms with Crippen molar-refractivity contribution in [2.75, 3.05) is 0 Å². The van der Waals surface area contributed by atoms with E-state index in [1.165, 1.54) is 0 Å². The van der Waals surface area contributed by atoms with Crippen LogP contribution in [0.25, 0.3) is 33.2 Å². The van der Waals surface area contributed by atoms with Gasteiger partial charge in [0.2, 0.25) is 0 Å². The number of para-hydroxylation sites is 1. The number of benzene rings is 2. The molecule has 0 aliphatic heterocycles.